The van der Waals surface area contributed by atoms with E-state index in [9.17, 15) is 9.59 Å². The third kappa shape index (κ3) is 7.49. The number of piperidine rings is 1. The fourth-order valence-electron chi connectivity index (χ4n) is 3.87. The number of hydrogen-bond donors (Lipinski definition) is 1. The second-order valence-electron chi connectivity index (χ2n) is 7.99. The van der Waals surface area contributed by atoms with E-state index in [-0.39, 0.29) is 18.4 Å². The number of rotatable bonds is 10. The molecule has 0 aliphatic carbocycles. The first kappa shape index (κ1) is 23.0. The standard InChI is InChI=1S/C25H33N3O3/c1-31-20-25(30)28(19-22-8-4-2-5-9-22)23-12-10-21(11-13-23)18-24(29)26-14-17-27-15-6-3-7-16-27/h2,4-5,8-13H,3,6-7,14-20H2,1H3,(H,26,29). The van der Waals surface area contributed by atoms with Crippen molar-refractivity contribution >= 4 is 17.5 Å². The van der Waals surface area contributed by atoms with Crippen molar-refractivity contribution in [1.82, 2.24) is 10.2 Å². The van der Waals surface area contributed by atoms with Gasteiger partial charge in [-0.15, -0.1) is 0 Å². The number of nitrogens with one attached hydrogen (secondary N) is 1. The van der Waals surface area contributed by atoms with E-state index >= 15 is 0 Å². The molecule has 1 saturated heterocycles. The predicted molar refractivity (Wildman–Crippen MR) is 123 cm³/mol. The van der Waals surface area contributed by atoms with Gasteiger partial charge >= 0.3 is 0 Å². The monoisotopic (exact) mass is 423 g/mol. The quantitative estimate of drug-likeness (QED) is 0.638. The summed E-state index contributed by atoms with van der Waals surface area (Å²) in [7, 11) is 1.52. The Labute approximate surface area is 185 Å². The number of ether oxygens (including phenoxy) is 1. The molecule has 1 heterocycles. The molecule has 0 aromatic heterocycles. The van der Waals surface area contributed by atoms with Crippen LogP contribution in [-0.2, 0) is 27.3 Å². The van der Waals surface area contributed by atoms with Gasteiger partial charge in [-0.25, -0.2) is 0 Å². The molecule has 0 unspecified atom stereocenters. The van der Waals surface area contributed by atoms with Gasteiger partial charge in [-0.05, 0) is 49.2 Å². The van der Waals surface area contributed by atoms with Gasteiger partial charge in [0.1, 0.15) is 6.61 Å². The van der Waals surface area contributed by atoms with Gasteiger partial charge < -0.3 is 19.9 Å². The maximum atomic E-state index is 12.6. The van der Waals surface area contributed by atoms with E-state index in [1.54, 1.807) is 4.90 Å². The molecular formula is C25H33N3O3. The maximum Gasteiger partial charge on any atom is 0.253 e. The van der Waals surface area contributed by atoms with Crippen molar-refractivity contribution in [2.45, 2.75) is 32.2 Å². The SMILES string of the molecule is COCC(=O)N(Cc1ccccc1)c1ccc(CC(=O)NCCN2CCCCC2)cc1. The van der Waals surface area contributed by atoms with Crippen LogP contribution in [0.15, 0.2) is 54.6 Å². The lowest BCUT2D eigenvalue weighted by Gasteiger charge is -2.26. The average molecular weight is 424 g/mol. The summed E-state index contributed by atoms with van der Waals surface area (Å²) in [6.45, 7) is 4.37. The molecule has 0 radical (unpaired) electrons. The Morgan fingerprint density at radius 2 is 1.68 bits per heavy atom. The van der Waals surface area contributed by atoms with E-state index in [1.165, 1.54) is 26.4 Å². The molecule has 6 nitrogen and oxygen atoms in total. The Bertz CT molecular complexity index is 818. The number of amides is 2. The summed E-state index contributed by atoms with van der Waals surface area (Å²) in [5.41, 5.74) is 2.77. The van der Waals surface area contributed by atoms with E-state index in [4.69, 9.17) is 4.74 Å². The van der Waals surface area contributed by atoms with E-state index < -0.39 is 0 Å². The molecule has 0 spiro atoms. The zero-order valence-electron chi connectivity index (χ0n) is 18.4. The van der Waals surface area contributed by atoms with Crippen LogP contribution in [0.1, 0.15) is 30.4 Å². The number of methoxy groups -OCH3 is 1. The Morgan fingerprint density at radius 3 is 2.35 bits per heavy atom. The fourth-order valence-corrected chi connectivity index (χ4v) is 3.87. The number of hydrogen-bond acceptors (Lipinski definition) is 4. The van der Waals surface area contributed by atoms with Crippen molar-refractivity contribution < 1.29 is 14.3 Å². The molecule has 1 aliphatic heterocycles. The second kappa shape index (κ2) is 12.2. The highest BCUT2D eigenvalue weighted by Gasteiger charge is 2.16. The molecule has 6 heteroatoms. The highest BCUT2D eigenvalue weighted by atomic mass is 16.5. The van der Waals surface area contributed by atoms with Crippen molar-refractivity contribution in [3.63, 3.8) is 0 Å². The van der Waals surface area contributed by atoms with E-state index in [1.807, 2.05) is 54.6 Å². The second-order valence-corrected chi connectivity index (χ2v) is 7.99. The Morgan fingerprint density at radius 1 is 0.968 bits per heavy atom. The lowest BCUT2D eigenvalue weighted by atomic mass is 10.1. The summed E-state index contributed by atoms with van der Waals surface area (Å²) in [5.74, 6) is -0.0732. The molecule has 1 N–H and O–H groups in total. The van der Waals surface area contributed by atoms with Crippen molar-refractivity contribution in [3.05, 3.63) is 65.7 Å². The van der Waals surface area contributed by atoms with Crippen LogP contribution in [-0.4, -0.2) is 56.6 Å². The molecule has 1 aliphatic rings. The molecule has 166 valence electrons. The van der Waals surface area contributed by atoms with Crippen molar-refractivity contribution in [3.8, 4) is 0 Å². The molecule has 2 amide bonds. The topological polar surface area (TPSA) is 61.9 Å². The van der Waals surface area contributed by atoms with Crippen LogP contribution in [0.2, 0.25) is 0 Å². The Kier molecular flexibility index (Phi) is 9.06. The van der Waals surface area contributed by atoms with Gasteiger partial charge in [0.05, 0.1) is 13.0 Å². The molecule has 2 aromatic carbocycles. The molecule has 1 fully saturated rings. The number of likely N-dealkylation sites (tertiary alicyclic amines) is 1. The van der Waals surface area contributed by atoms with Gasteiger partial charge in [-0.1, -0.05) is 48.9 Å². The van der Waals surface area contributed by atoms with Crippen LogP contribution in [0.5, 0.6) is 0 Å². The van der Waals surface area contributed by atoms with E-state index in [0.717, 1.165) is 36.4 Å². The molecule has 2 aromatic rings. The number of anilines is 1. The predicted octanol–water partition coefficient (Wildman–Crippen LogP) is 3.01. The average Bonchev–Trinajstić information content (AvgIpc) is 2.80. The highest BCUT2D eigenvalue weighted by Crippen LogP contribution is 2.19. The summed E-state index contributed by atoms with van der Waals surface area (Å²) >= 11 is 0. The third-order valence-electron chi connectivity index (χ3n) is 5.56. The zero-order chi connectivity index (χ0) is 21.9. The molecule has 0 saturated carbocycles. The minimum absolute atomic E-state index is 0.0218. The Hall–Kier alpha value is -2.70. The minimum Gasteiger partial charge on any atom is -0.375 e. The van der Waals surface area contributed by atoms with Crippen LogP contribution >= 0.6 is 0 Å². The van der Waals surface area contributed by atoms with Gasteiger partial charge in [0.25, 0.3) is 5.91 Å². The first-order valence-corrected chi connectivity index (χ1v) is 11.1. The third-order valence-corrected chi connectivity index (χ3v) is 5.56. The summed E-state index contributed by atoms with van der Waals surface area (Å²) in [4.78, 5) is 29.0. The Balaban J connectivity index is 1.54. The van der Waals surface area contributed by atoms with Crippen molar-refractivity contribution in [2.75, 3.05) is 44.8 Å². The molecule has 31 heavy (non-hydrogen) atoms. The van der Waals surface area contributed by atoms with Crippen LogP contribution in [0.3, 0.4) is 0 Å². The number of carbonyl (C=O) groups is 2. The van der Waals surface area contributed by atoms with Crippen molar-refractivity contribution in [1.29, 1.82) is 0 Å². The maximum absolute atomic E-state index is 12.6. The molecule has 0 atom stereocenters. The first-order chi connectivity index (χ1) is 15.2. The fraction of sp³-hybridized carbons (Fsp3) is 0.440. The van der Waals surface area contributed by atoms with E-state index in [0.29, 0.717) is 19.5 Å². The smallest absolute Gasteiger partial charge is 0.253 e. The van der Waals surface area contributed by atoms with Gasteiger partial charge in [-0.2, -0.15) is 0 Å². The zero-order valence-corrected chi connectivity index (χ0v) is 18.4. The number of carbonyl (C=O) groups excluding carboxylic acids is 2. The van der Waals surface area contributed by atoms with Crippen LogP contribution in [0, 0.1) is 0 Å². The summed E-state index contributed by atoms with van der Waals surface area (Å²) < 4.78 is 5.05. The summed E-state index contributed by atoms with van der Waals surface area (Å²) in [5, 5.41) is 3.02. The van der Waals surface area contributed by atoms with Crippen LogP contribution < -0.4 is 10.2 Å². The highest BCUT2D eigenvalue weighted by molar-refractivity contribution is 5.94. The number of benzene rings is 2. The minimum atomic E-state index is -0.102. The van der Waals surface area contributed by atoms with Gasteiger partial charge in [0, 0.05) is 25.9 Å². The van der Waals surface area contributed by atoms with E-state index in [2.05, 4.69) is 10.2 Å². The molecule has 0 bridgehead atoms. The molecule has 3 rings (SSSR count). The lowest BCUT2D eigenvalue weighted by molar-refractivity contribution is -0.122. The lowest BCUT2D eigenvalue weighted by Crippen LogP contribution is -2.38. The first-order valence-electron chi connectivity index (χ1n) is 11.1. The number of nitrogens with zero attached hydrogens (tertiary/aromatic N) is 2. The van der Waals surface area contributed by atoms with Crippen molar-refractivity contribution in [2.24, 2.45) is 0 Å². The van der Waals surface area contributed by atoms with Crippen LogP contribution in [0.4, 0.5) is 5.69 Å². The molecular weight excluding hydrogens is 390 g/mol. The normalized spacial score (nSPS) is 14.2. The largest absolute Gasteiger partial charge is 0.375 e. The van der Waals surface area contributed by atoms with Gasteiger partial charge in [0.15, 0.2) is 0 Å². The van der Waals surface area contributed by atoms with Gasteiger partial charge in [0.2, 0.25) is 5.91 Å². The summed E-state index contributed by atoms with van der Waals surface area (Å²) in [6.07, 6.45) is 4.17. The van der Waals surface area contributed by atoms with Crippen LogP contribution in [0.25, 0.3) is 0 Å². The summed E-state index contributed by atoms with van der Waals surface area (Å²) in [6, 6.07) is 17.5. The van der Waals surface area contributed by atoms with Gasteiger partial charge in [-0.3, -0.25) is 9.59 Å².